The molecule has 4 nitrogen and oxygen atoms in total. The van der Waals surface area contributed by atoms with Crippen LogP contribution in [0.1, 0.15) is 74.5 Å². The summed E-state index contributed by atoms with van der Waals surface area (Å²) in [6, 6.07) is 14.1. The summed E-state index contributed by atoms with van der Waals surface area (Å²) in [6.45, 7) is 12.2. The molecule has 0 aliphatic heterocycles. The number of hydrogen-bond acceptors (Lipinski definition) is 3. The zero-order valence-electron chi connectivity index (χ0n) is 19.3. The molecule has 0 bridgehead atoms. The Morgan fingerprint density at radius 3 is 2.29 bits per heavy atom. The first-order chi connectivity index (χ1) is 14.6. The average molecular weight is 439 g/mol. The lowest BCUT2D eigenvalue weighted by Gasteiger charge is -2.41. The lowest BCUT2D eigenvalue weighted by molar-refractivity contribution is 0.0509. The molecule has 5 heteroatoms. The predicted octanol–water partition coefficient (Wildman–Crippen LogP) is 5.74. The van der Waals surface area contributed by atoms with E-state index in [1.54, 1.807) is 0 Å². The first-order valence-corrected chi connectivity index (χ1v) is 11.5. The Hall–Kier alpha value is -2.40. The van der Waals surface area contributed by atoms with E-state index in [0.29, 0.717) is 23.7 Å². The third-order valence-electron chi connectivity index (χ3n) is 6.26. The number of thiocarbonyl (C=S) groups is 1. The third kappa shape index (κ3) is 5.65. The summed E-state index contributed by atoms with van der Waals surface area (Å²) in [5, 5.41) is 6.81. The zero-order chi connectivity index (χ0) is 22.6. The van der Waals surface area contributed by atoms with Crippen LogP contribution in [0.2, 0.25) is 0 Å². The fraction of sp³-hybridized carbons (Fsp3) is 0.462. The molecule has 0 unspecified atom stereocenters. The van der Waals surface area contributed by atoms with Crippen molar-refractivity contribution in [2.24, 2.45) is 0 Å². The number of rotatable bonds is 6. The lowest BCUT2D eigenvalue weighted by atomic mass is 9.63. The molecule has 0 saturated carbocycles. The molecule has 0 radical (unpaired) electrons. The van der Waals surface area contributed by atoms with E-state index in [0.717, 1.165) is 30.6 Å². The van der Waals surface area contributed by atoms with Crippen LogP contribution in [0, 0.1) is 0 Å². The Morgan fingerprint density at radius 1 is 1.00 bits per heavy atom. The molecule has 0 fully saturated rings. The van der Waals surface area contributed by atoms with Crippen LogP contribution in [-0.4, -0.2) is 24.2 Å². The van der Waals surface area contributed by atoms with Crippen LogP contribution >= 0.6 is 12.2 Å². The molecule has 0 saturated heterocycles. The van der Waals surface area contributed by atoms with Gasteiger partial charge in [-0.1, -0.05) is 45.9 Å². The monoisotopic (exact) mass is 438 g/mol. The minimum atomic E-state index is -0.253. The van der Waals surface area contributed by atoms with E-state index in [1.807, 2.05) is 43.3 Å². The molecule has 2 aromatic carbocycles. The Bertz CT molecular complexity index is 948. The topological polar surface area (TPSA) is 50.4 Å². The molecular formula is C26H34N2O2S. The number of fused-ring (bicyclic) bond motifs is 1. The second-order valence-corrected chi connectivity index (χ2v) is 10.0. The summed E-state index contributed by atoms with van der Waals surface area (Å²) in [4.78, 5) is 12.7. The van der Waals surface area contributed by atoms with Gasteiger partial charge in [-0.3, -0.25) is 0 Å². The van der Waals surface area contributed by atoms with Gasteiger partial charge in [0.1, 0.15) is 0 Å². The Morgan fingerprint density at radius 2 is 1.65 bits per heavy atom. The van der Waals surface area contributed by atoms with Gasteiger partial charge in [-0.05, 0) is 83.8 Å². The van der Waals surface area contributed by atoms with Gasteiger partial charge in [0.25, 0.3) is 0 Å². The van der Waals surface area contributed by atoms with Gasteiger partial charge in [0.15, 0.2) is 5.11 Å². The van der Waals surface area contributed by atoms with Crippen LogP contribution < -0.4 is 10.6 Å². The van der Waals surface area contributed by atoms with E-state index in [1.165, 1.54) is 11.1 Å². The van der Waals surface area contributed by atoms with E-state index >= 15 is 0 Å². The van der Waals surface area contributed by atoms with E-state index in [2.05, 4.69) is 44.4 Å². The fourth-order valence-electron chi connectivity index (χ4n) is 4.15. The van der Waals surface area contributed by atoms with Crippen molar-refractivity contribution in [1.29, 1.82) is 0 Å². The number of carbonyl (C=O) groups excluding carboxylic acids is 1. The number of esters is 1. The minimum absolute atomic E-state index is 0.0753. The standard InChI is InChI=1S/C26H34N2O2S/c1-6-27-24(31)28-20-10-7-18(8-11-20)13-16-30-23(29)19-9-12-21-22(17-19)26(4,5)15-14-25(21,2)3/h7-12,17H,6,13-16H2,1-5H3,(H2,27,28,31). The van der Waals surface area contributed by atoms with Crippen molar-refractivity contribution >= 4 is 29.0 Å². The van der Waals surface area contributed by atoms with Gasteiger partial charge in [0.05, 0.1) is 12.2 Å². The minimum Gasteiger partial charge on any atom is -0.462 e. The molecule has 1 aliphatic carbocycles. The summed E-state index contributed by atoms with van der Waals surface area (Å²) in [5.41, 5.74) is 5.53. The van der Waals surface area contributed by atoms with Crippen LogP contribution in [0.5, 0.6) is 0 Å². The van der Waals surface area contributed by atoms with Gasteiger partial charge in [0.2, 0.25) is 0 Å². The zero-order valence-corrected chi connectivity index (χ0v) is 20.1. The second-order valence-electron chi connectivity index (χ2n) is 9.60. The molecule has 1 aliphatic rings. The number of hydrogen-bond donors (Lipinski definition) is 2. The third-order valence-corrected chi connectivity index (χ3v) is 6.51. The second kappa shape index (κ2) is 9.39. The first-order valence-electron chi connectivity index (χ1n) is 11.1. The van der Waals surface area contributed by atoms with E-state index in [9.17, 15) is 4.79 Å². The van der Waals surface area contributed by atoms with Gasteiger partial charge in [-0.15, -0.1) is 0 Å². The summed E-state index contributed by atoms with van der Waals surface area (Å²) in [7, 11) is 0. The van der Waals surface area contributed by atoms with Gasteiger partial charge in [-0.2, -0.15) is 0 Å². The van der Waals surface area contributed by atoms with Crippen molar-refractivity contribution in [2.75, 3.05) is 18.5 Å². The summed E-state index contributed by atoms with van der Waals surface area (Å²) >= 11 is 5.20. The fourth-order valence-corrected chi connectivity index (χ4v) is 4.41. The van der Waals surface area contributed by atoms with E-state index in [4.69, 9.17) is 17.0 Å². The number of ether oxygens (including phenoxy) is 1. The Kier molecular flexibility index (Phi) is 7.05. The molecule has 0 amide bonds. The van der Waals surface area contributed by atoms with Crippen molar-refractivity contribution in [3.63, 3.8) is 0 Å². The molecule has 0 aromatic heterocycles. The molecule has 31 heavy (non-hydrogen) atoms. The van der Waals surface area contributed by atoms with E-state index in [-0.39, 0.29) is 16.8 Å². The molecular weight excluding hydrogens is 404 g/mol. The average Bonchev–Trinajstić information content (AvgIpc) is 2.72. The lowest BCUT2D eigenvalue weighted by Crippen LogP contribution is -2.34. The van der Waals surface area contributed by atoms with Crippen molar-refractivity contribution in [2.45, 2.75) is 64.7 Å². The Labute approximate surface area is 191 Å². The Balaban J connectivity index is 1.59. The highest BCUT2D eigenvalue weighted by atomic mass is 32.1. The molecule has 3 rings (SSSR count). The number of carbonyl (C=O) groups is 1. The van der Waals surface area contributed by atoms with Crippen LogP contribution in [0.25, 0.3) is 0 Å². The van der Waals surface area contributed by atoms with E-state index < -0.39 is 0 Å². The molecule has 166 valence electrons. The molecule has 2 aromatic rings. The summed E-state index contributed by atoms with van der Waals surface area (Å²) in [5.74, 6) is -0.253. The highest BCUT2D eigenvalue weighted by Crippen LogP contribution is 2.45. The van der Waals surface area contributed by atoms with Crippen LogP contribution in [-0.2, 0) is 22.0 Å². The van der Waals surface area contributed by atoms with Crippen LogP contribution in [0.4, 0.5) is 5.69 Å². The number of nitrogens with one attached hydrogen (secondary N) is 2. The molecule has 0 atom stereocenters. The first kappa shape index (κ1) is 23.3. The molecule has 0 heterocycles. The maximum Gasteiger partial charge on any atom is 0.338 e. The van der Waals surface area contributed by atoms with Crippen LogP contribution in [0.15, 0.2) is 42.5 Å². The number of benzene rings is 2. The highest BCUT2D eigenvalue weighted by molar-refractivity contribution is 7.80. The largest absolute Gasteiger partial charge is 0.462 e. The summed E-state index contributed by atoms with van der Waals surface area (Å²) < 4.78 is 5.58. The van der Waals surface area contributed by atoms with Crippen molar-refractivity contribution in [3.05, 3.63) is 64.7 Å². The maximum atomic E-state index is 12.7. The highest BCUT2D eigenvalue weighted by Gasteiger charge is 2.37. The SMILES string of the molecule is CCNC(=S)Nc1ccc(CCOC(=O)c2ccc3c(c2)C(C)(C)CCC3(C)C)cc1. The molecule has 0 spiro atoms. The quantitative estimate of drug-likeness (QED) is 0.445. The van der Waals surface area contributed by atoms with Crippen molar-refractivity contribution in [1.82, 2.24) is 5.32 Å². The van der Waals surface area contributed by atoms with Crippen molar-refractivity contribution < 1.29 is 9.53 Å². The van der Waals surface area contributed by atoms with Gasteiger partial charge < -0.3 is 15.4 Å². The molecule has 2 N–H and O–H groups in total. The maximum absolute atomic E-state index is 12.7. The normalized spacial score (nSPS) is 16.2. The van der Waals surface area contributed by atoms with Gasteiger partial charge in [-0.25, -0.2) is 4.79 Å². The number of anilines is 1. The smallest absolute Gasteiger partial charge is 0.338 e. The predicted molar refractivity (Wildman–Crippen MR) is 132 cm³/mol. The van der Waals surface area contributed by atoms with Gasteiger partial charge >= 0.3 is 5.97 Å². The van der Waals surface area contributed by atoms with Gasteiger partial charge in [0, 0.05) is 18.7 Å². The van der Waals surface area contributed by atoms with Crippen LogP contribution in [0.3, 0.4) is 0 Å². The van der Waals surface area contributed by atoms with Crippen molar-refractivity contribution in [3.8, 4) is 0 Å². The summed E-state index contributed by atoms with van der Waals surface area (Å²) in [6.07, 6.45) is 2.95.